The molecule has 0 spiro atoms. The molecule has 2 aliphatic rings. The standard InChI is InChI=1S/C14H18N2O7S/c1-6-5-24-12-9(11(19)16(12)10(6)14(22)23)15-8(18)4-2-3-7(17)13(20)21/h7,9,12,17H,2-5H2,1H3,(H,15,18)(H,20,21)(H,22,23). The summed E-state index contributed by atoms with van der Waals surface area (Å²) in [7, 11) is 0. The molecular formula is C14H18N2O7S. The molecule has 0 aromatic rings. The number of aliphatic carboxylic acids is 2. The summed E-state index contributed by atoms with van der Waals surface area (Å²) in [6.45, 7) is 1.65. The number of carbonyl (C=O) groups is 4. The summed E-state index contributed by atoms with van der Waals surface area (Å²) in [5.74, 6) is -2.95. The van der Waals surface area contributed by atoms with Crippen LogP contribution in [0.2, 0.25) is 0 Å². The lowest BCUT2D eigenvalue weighted by Gasteiger charge is -2.49. The molecule has 132 valence electrons. The van der Waals surface area contributed by atoms with E-state index >= 15 is 0 Å². The Labute approximate surface area is 141 Å². The van der Waals surface area contributed by atoms with E-state index in [-0.39, 0.29) is 25.0 Å². The summed E-state index contributed by atoms with van der Waals surface area (Å²) in [5, 5.41) is 29.0. The molecule has 4 N–H and O–H groups in total. The van der Waals surface area contributed by atoms with Crippen LogP contribution in [0.25, 0.3) is 0 Å². The number of carbonyl (C=O) groups excluding carboxylic acids is 2. The fourth-order valence-electron chi connectivity index (χ4n) is 2.60. The predicted molar refractivity (Wildman–Crippen MR) is 82.9 cm³/mol. The number of hydrogen-bond acceptors (Lipinski definition) is 6. The van der Waals surface area contributed by atoms with Gasteiger partial charge >= 0.3 is 11.9 Å². The third kappa shape index (κ3) is 3.54. The van der Waals surface area contributed by atoms with Crippen LogP contribution >= 0.6 is 11.8 Å². The number of carboxylic acids is 2. The number of hydrogen-bond donors (Lipinski definition) is 4. The zero-order chi connectivity index (χ0) is 18.0. The van der Waals surface area contributed by atoms with E-state index in [1.54, 1.807) is 6.92 Å². The van der Waals surface area contributed by atoms with Crippen LogP contribution in [0.3, 0.4) is 0 Å². The van der Waals surface area contributed by atoms with Gasteiger partial charge in [-0.3, -0.25) is 14.5 Å². The highest BCUT2D eigenvalue weighted by molar-refractivity contribution is 8.00. The van der Waals surface area contributed by atoms with Gasteiger partial charge in [0.1, 0.15) is 17.1 Å². The Morgan fingerprint density at radius 2 is 2.04 bits per heavy atom. The van der Waals surface area contributed by atoms with Crippen LogP contribution in [-0.2, 0) is 19.2 Å². The van der Waals surface area contributed by atoms with Gasteiger partial charge in [0, 0.05) is 12.2 Å². The molecule has 0 aromatic carbocycles. The van der Waals surface area contributed by atoms with Crippen LogP contribution in [-0.4, -0.2) is 67.2 Å². The minimum Gasteiger partial charge on any atom is -0.479 e. The second kappa shape index (κ2) is 7.22. The number of carboxylic acid groups (broad SMARTS) is 2. The van der Waals surface area contributed by atoms with Crippen LogP contribution in [0.5, 0.6) is 0 Å². The summed E-state index contributed by atoms with van der Waals surface area (Å²) >= 11 is 1.38. The molecule has 10 heteroatoms. The third-order valence-corrected chi connectivity index (χ3v) is 5.27. The molecule has 2 rings (SSSR count). The number of β-lactam (4-membered cyclic amide) rings is 1. The first kappa shape index (κ1) is 18.3. The monoisotopic (exact) mass is 358 g/mol. The van der Waals surface area contributed by atoms with Crippen molar-refractivity contribution >= 4 is 35.5 Å². The molecule has 0 radical (unpaired) electrons. The maximum atomic E-state index is 12.1. The van der Waals surface area contributed by atoms with Crippen molar-refractivity contribution in [1.82, 2.24) is 10.2 Å². The maximum absolute atomic E-state index is 12.1. The molecule has 2 heterocycles. The average molecular weight is 358 g/mol. The van der Waals surface area contributed by atoms with Gasteiger partial charge in [-0.2, -0.15) is 0 Å². The predicted octanol–water partition coefficient (Wildman–Crippen LogP) is -0.639. The van der Waals surface area contributed by atoms with Gasteiger partial charge in [0.15, 0.2) is 6.10 Å². The minimum absolute atomic E-state index is 0.0217. The molecule has 9 nitrogen and oxygen atoms in total. The number of nitrogens with zero attached hydrogens (tertiary/aromatic N) is 1. The zero-order valence-electron chi connectivity index (χ0n) is 12.9. The normalized spacial score (nSPS) is 24.1. The van der Waals surface area contributed by atoms with Gasteiger partial charge in [-0.05, 0) is 25.3 Å². The lowest BCUT2D eigenvalue weighted by Crippen LogP contribution is -2.70. The van der Waals surface area contributed by atoms with Crippen molar-refractivity contribution in [3.8, 4) is 0 Å². The van der Waals surface area contributed by atoms with Crippen molar-refractivity contribution in [3.05, 3.63) is 11.3 Å². The van der Waals surface area contributed by atoms with E-state index in [1.165, 1.54) is 16.7 Å². The SMILES string of the molecule is CC1=C(C(=O)O)N2C(=O)C(NC(=O)CCCC(O)C(=O)O)C2SC1. The fraction of sp³-hybridized carbons (Fsp3) is 0.571. The van der Waals surface area contributed by atoms with Crippen LogP contribution in [0.4, 0.5) is 0 Å². The summed E-state index contributed by atoms with van der Waals surface area (Å²) in [4.78, 5) is 46.9. The molecule has 0 aromatic heterocycles. The average Bonchev–Trinajstić information content (AvgIpc) is 2.51. The Kier molecular flexibility index (Phi) is 5.50. The van der Waals surface area contributed by atoms with E-state index in [1.807, 2.05) is 0 Å². The Balaban J connectivity index is 1.88. The molecule has 0 saturated carbocycles. The Hall–Kier alpha value is -2.07. The second-order valence-corrected chi connectivity index (χ2v) is 6.74. The highest BCUT2D eigenvalue weighted by Crippen LogP contribution is 2.40. The molecule has 0 aliphatic carbocycles. The van der Waals surface area contributed by atoms with Gasteiger partial charge < -0.3 is 20.6 Å². The van der Waals surface area contributed by atoms with Crippen LogP contribution in [0.1, 0.15) is 26.2 Å². The van der Waals surface area contributed by atoms with E-state index in [0.717, 1.165) is 0 Å². The van der Waals surface area contributed by atoms with Crippen molar-refractivity contribution in [1.29, 1.82) is 0 Å². The van der Waals surface area contributed by atoms with E-state index < -0.39 is 41.3 Å². The molecular weight excluding hydrogens is 340 g/mol. The van der Waals surface area contributed by atoms with Crippen molar-refractivity contribution in [2.24, 2.45) is 0 Å². The smallest absolute Gasteiger partial charge is 0.352 e. The van der Waals surface area contributed by atoms with Crippen LogP contribution in [0, 0.1) is 0 Å². The maximum Gasteiger partial charge on any atom is 0.352 e. The molecule has 1 fully saturated rings. The number of aliphatic hydroxyl groups excluding tert-OH is 1. The number of thioether (sulfide) groups is 1. The van der Waals surface area contributed by atoms with E-state index in [0.29, 0.717) is 11.3 Å². The quantitative estimate of drug-likeness (QED) is 0.440. The first-order valence-electron chi connectivity index (χ1n) is 7.32. The van der Waals surface area contributed by atoms with Crippen LogP contribution in [0.15, 0.2) is 11.3 Å². The Bertz CT molecular complexity index is 618. The van der Waals surface area contributed by atoms with Gasteiger partial charge in [0.2, 0.25) is 5.91 Å². The van der Waals surface area contributed by atoms with Crippen molar-refractivity contribution in [2.75, 3.05) is 5.75 Å². The number of nitrogens with one attached hydrogen (secondary N) is 1. The lowest BCUT2D eigenvalue weighted by molar-refractivity contribution is -0.150. The molecule has 2 aliphatic heterocycles. The number of fused-ring (bicyclic) bond motifs is 1. The molecule has 24 heavy (non-hydrogen) atoms. The molecule has 2 amide bonds. The summed E-state index contributed by atoms with van der Waals surface area (Å²) in [5.41, 5.74) is 0.573. The first-order valence-corrected chi connectivity index (χ1v) is 8.37. The summed E-state index contributed by atoms with van der Waals surface area (Å²) in [6.07, 6.45) is -1.43. The topological polar surface area (TPSA) is 144 Å². The largest absolute Gasteiger partial charge is 0.479 e. The second-order valence-electron chi connectivity index (χ2n) is 5.64. The Morgan fingerprint density at radius 3 is 2.62 bits per heavy atom. The fourth-order valence-corrected chi connectivity index (χ4v) is 3.89. The van der Waals surface area contributed by atoms with Crippen LogP contribution < -0.4 is 5.32 Å². The van der Waals surface area contributed by atoms with Crippen molar-refractivity contribution in [3.63, 3.8) is 0 Å². The molecule has 3 atom stereocenters. The van der Waals surface area contributed by atoms with Gasteiger partial charge in [-0.1, -0.05) is 0 Å². The van der Waals surface area contributed by atoms with Gasteiger partial charge in [0.05, 0.1) is 0 Å². The summed E-state index contributed by atoms with van der Waals surface area (Å²) < 4.78 is 0. The zero-order valence-corrected chi connectivity index (χ0v) is 13.7. The van der Waals surface area contributed by atoms with E-state index in [4.69, 9.17) is 10.2 Å². The van der Waals surface area contributed by atoms with Gasteiger partial charge in [-0.25, -0.2) is 9.59 Å². The van der Waals surface area contributed by atoms with E-state index in [2.05, 4.69) is 5.32 Å². The Morgan fingerprint density at radius 1 is 1.38 bits per heavy atom. The minimum atomic E-state index is -1.52. The molecule has 1 saturated heterocycles. The molecule has 0 bridgehead atoms. The first-order chi connectivity index (χ1) is 11.2. The van der Waals surface area contributed by atoms with Crippen molar-refractivity contribution < 1.29 is 34.5 Å². The van der Waals surface area contributed by atoms with Crippen molar-refractivity contribution in [2.45, 2.75) is 43.7 Å². The van der Waals surface area contributed by atoms with Gasteiger partial charge in [0.25, 0.3) is 5.91 Å². The number of rotatable bonds is 7. The molecule has 3 unspecified atom stereocenters. The number of amides is 2. The third-order valence-electron chi connectivity index (χ3n) is 3.84. The highest BCUT2D eigenvalue weighted by Gasteiger charge is 2.53. The van der Waals surface area contributed by atoms with Gasteiger partial charge in [-0.15, -0.1) is 11.8 Å². The van der Waals surface area contributed by atoms with E-state index in [9.17, 15) is 24.3 Å². The lowest BCUT2D eigenvalue weighted by atomic mass is 10.0. The highest BCUT2D eigenvalue weighted by atomic mass is 32.2. The summed E-state index contributed by atoms with van der Waals surface area (Å²) in [6, 6.07) is -0.783. The number of aliphatic hydroxyl groups is 1.